The Hall–Kier alpha value is -3.21. The van der Waals surface area contributed by atoms with E-state index < -0.39 is 27.9 Å². The molecule has 1 amide bonds. The first kappa shape index (κ1) is 23.9. The van der Waals surface area contributed by atoms with E-state index >= 15 is 0 Å². The Kier molecular flexibility index (Phi) is 6.24. The van der Waals surface area contributed by atoms with E-state index in [9.17, 15) is 23.1 Å². The van der Waals surface area contributed by atoms with Gasteiger partial charge in [0.1, 0.15) is 17.7 Å². The van der Waals surface area contributed by atoms with Crippen LogP contribution in [0.2, 0.25) is 0 Å². The van der Waals surface area contributed by atoms with E-state index in [0.717, 1.165) is 6.42 Å². The quantitative estimate of drug-likeness (QED) is 0.629. The smallest absolute Gasteiger partial charge is 0.326 e. The van der Waals surface area contributed by atoms with Crippen LogP contribution in [0.3, 0.4) is 0 Å². The first-order valence-corrected chi connectivity index (χ1v) is 12.7. The van der Waals surface area contributed by atoms with Crippen molar-refractivity contribution in [2.24, 2.45) is 5.92 Å². The van der Waals surface area contributed by atoms with Crippen LogP contribution in [-0.2, 0) is 14.8 Å². The Bertz CT molecular complexity index is 1220. The highest BCUT2D eigenvalue weighted by Crippen LogP contribution is 2.37. The number of amides is 1. The van der Waals surface area contributed by atoms with E-state index in [1.165, 1.54) is 12.1 Å². The largest absolute Gasteiger partial charge is 0.480 e. The number of sulfonamides is 1. The van der Waals surface area contributed by atoms with Crippen molar-refractivity contribution >= 4 is 33.5 Å². The third-order valence-electron chi connectivity index (χ3n) is 6.40. The molecule has 0 aromatic carbocycles. The lowest BCUT2D eigenvalue weighted by atomic mass is 9.97. The molecule has 182 valence electrons. The fraction of sp³-hybridized carbons (Fsp3) is 0.478. The minimum absolute atomic E-state index is 0.162. The van der Waals surface area contributed by atoms with Crippen LogP contribution in [-0.4, -0.2) is 60.0 Å². The van der Waals surface area contributed by atoms with Gasteiger partial charge >= 0.3 is 5.97 Å². The predicted octanol–water partition coefficient (Wildman–Crippen LogP) is 2.27. The van der Waals surface area contributed by atoms with Crippen molar-refractivity contribution in [3.8, 4) is 0 Å². The molecular formula is C23H29N5O5S. The van der Waals surface area contributed by atoms with Crippen LogP contribution >= 0.6 is 0 Å². The van der Waals surface area contributed by atoms with Crippen LogP contribution in [0.5, 0.6) is 0 Å². The summed E-state index contributed by atoms with van der Waals surface area (Å²) in [5.41, 5.74) is -0.0663. The van der Waals surface area contributed by atoms with E-state index in [-0.39, 0.29) is 21.9 Å². The number of rotatable bonds is 6. The second kappa shape index (κ2) is 8.86. The van der Waals surface area contributed by atoms with Crippen molar-refractivity contribution in [1.29, 1.82) is 0 Å². The maximum Gasteiger partial charge on any atom is 0.326 e. The zero-order chi connectivity index (χ0) is 24.7. The van der Waals surface area contributed by atoms with Gasteiger partial charge in [0.05, 0.1) is 5.56 Å². The summed E-state index contributed by atoms with van der Waals surface area (Å²) in [4.78, 5) is 36.8. The Morgan fingerprint density at radius 2 is 1.97 bits per heavy atom. The standard InChI is InChI=1S/C23H29N5O5S/c1-15-13-23(2,3)28(14-15)20-16(7-5-11-24-20)21(29)26-34(32,33)19-10-4-9-18(25-19)27-12-6-8-17(27)22(30)31/h4-5,7,9-11,15,17H,6,8,12-14H2,1-3H3,(H,26,29)(H,30,31)/t15?,17-/m1/s1. The average Bonchev–Trinajstić information content (AvgIpc) is 3.37. The number of carboxylic acid groups (broad SMARTS) is 1. The molecule has 4 heterocycles. The molecule has 0 spiro atoms. The molecule has 2 atom stereocenters. The summed E-state index contributed by atoms with van der Waals surface area (Å²) >= 11 is 0. The van der Waals surface area contributed by atoms with Gasteiger partial charge in [0.25, 0.3) is 15.9 Å². The summed E-state index contributed by atoms with van der Waals surface area (Å²) < 4.78 is 28.2. The molecule has 0 aliphatic carbocycles. The maximum absolute atomic E-state index is 13.1. The molecular weight excluding hydrogens is 458 g/mol. The van der Waals surface area contributed by atoms with Crippen LogP contribution in [0.15, 0.2) is 41.6 Å². The van der Waals surface area contributed by atoms with Crippen LogP contribution in [0.1, 0.15) is 50.4 Å². The normalized spacial score (nSPS) is 22.1. The molecule has 0 radical (unpaired) electrons. The molecule has 0 saturated carbocycles. The highest BCUT2D eigenvalue weighted by Gasteiger charge is 2.39. The first-order chi connectivity index (χ1) is 16.0. The second-order valence-corrected chi connectivity index (χ2v) is 11.2. The van der Waals surface area contributed by atoms with Gasteiger partial charge in [0.2, 0.25) is 0 Å². The number of pyridine rings is 2. The maximum atomic E-state index is 13.1. The number of nitrogens with one attached hydrogen (secondary N) is 1. The molecule has 2 aromatic rings. The molecule has 2 aromatic heterocycles. The average molecular weight is 488 g/mol. The van der Waals surface area contributed by atoms with Gasteiger partial charge in [-0.1, -0.05) is 13.0 Å². The third kappa shape index (κ3) is 4.56. The molecule has 2 aliphatic rings. The van der Waals surface area contributed by atoms with E-state index in [1.807, 2.05) is 4.90 Å². The van der Waals surface area contributed by atoms with Crippen molar-refractivity contribution in [1.82, 2.24) is 14.7 Å². The van der Waals surface area contributed by atoms with Gasteiger partial charge in [-0.25, -0.2) is 19.5 Å². The SMILES string of the molecule is CC1CN(c2ncccc2C(=O)NS(=O)(=O)c2cccc(N3CCC[C@@H]3C(=O)O)n2)C(C)(C)C1. The fourth-order valence-corrected chi connectivity index (χ4v) is 5.92. The van der Waals surface area contributed by atoms with Crippen molar-refractivity contribution < 1.29 is 23.1 Å². The summed E-state index contributed by atoms with van der Waals surface area (Å²) in [6.45, 7) is 7.44. The van der Waals surface area contributed by atoms with Gasteiger partial charge in [-0.15, -0.1) is 0 Å². The predicted molar refractivity (Wildman–Crippen MR) is 126 cm³/mol. The highest BCUT2D eigenvalue weighted by atomic mass is 32.2. The monoisotopic (exact) mass is 487 g/mol. The number of carbonyl (C=O) groups excluding carboxylic acids is 1. The van der Waals surface area contributed by atoms with Gasteiger partial charge in [0.15, 0.2) is 5.03 Å². The Morgan fingerprint density at radius 3 is 2.65 bits per heavy atom. The van der Waals surface area contributed by atoms with Crippen molar-refractivity contribution in [2.75, 3.05) is 22.9 Å². The van der Waals surface area contributed by atoms with Crippen molar-refractivity contribution in [3.63, 3.8) is 0 Å². The number of anilines is 2. The molecule has 2 aliphatic heterocycles. The third-order valence-corrected chi connectivity index (χ3v) is 7.64. The number of aliphatic carboxylic acids is 1. The molecule has 2 fully saturated rings. The van der Waals surface area contributed by atoms with Crippen LogP contribution in [0.25, 0.3) is 0 Å². The molecule has 34 heavy (non-hydrogen) atoms. The van der Waals surface area contributed by atoms with Crippen LogP contribution in [0, 0.1) is 5.92 Å². The van der Waals surface area contributed by atoms with Gasteiger partial charge in [0, 0.05) is 24.8 Å². The number of carboxylic acids is 1. The fourth-order valence-electron chi connectivity index (χ4n) is 4.99. The minimum Gasteiger partial charge on any atom is -0.480 e. The summed E-state index contributed by atoms with van der Waals surface area (Å²) in [7, 11) is -4.31. The first-order valence-electron chi connectivity index (χ1n) is 11.3. The van der Waals surface area contributed by atoms with Crippen molar-refractivity contribution in [3.05, 3.63) is 42.1 Å². The Balaban J connectivity index is 1.60. The van der Waals surface area contributed by atoms with E-state index in [2.05, 4.69) is 35.5 Å². The van der Waals surface area contributed by atoms with E-state index in [0.29, 0.717) is 37.7 Å². The van der Waals surface area contributed by atoms with Crippen LogP contribution < -0.4 is 14.5 Å². The highest BCUT2D eigenvalue weighted by molar-refractivity contribution is 7.90. The molecule has 2 saturated heterocycles. The number of nitrogens with zero attached hydrogens (tertiary/aromatic N) is 4. The molecule has 2 N–H and O–H groups in total. The lowest BCUT2D eigenvalue weighted by molar-refractivity contribution is -0.138. The van der Waals surface area contributed by atoms with Gasteiger partial charge in [-0.3, -0.25) is 4.79 Å². The number of hydrogen-bond donors (Lipinski definition) is 2. The van der Waals surface area contributed by atoms with Crippen molar-refractivity contribution in [2.45, 2.75) is 56.6 Å². The zero-order valence-electron chi connectivity index (χ0n) is 19.4. The summed E-state index contributed by atoms with van der Waals surface area (Å²) in [5.74, 6) is -0.689. The van der Waals surface area contributed by atoms with Gasteiger partial charge in [-0.2, -0.15) is 8.42 Å². The topological polar surface area (TPSA) is 133 Å². The molecule has 11 heteroatoms. The summed E-state index contributed by atoms with van der Waals surface area (Å²) in [6, 6.07) is 6.72. The minimum atomic E-state index is -4.31. The lowest BCUT2D eigenvalue weighted by Gasteiger charge is -2.33. The lowest BCUT2D eigenvalue weighted by Crippen LogP contribution is -2.41. The van der Waals surface area contributed by atoms with Gasteiger partial charge in [-0.05, 0) is 63.3 Å². The zero-order valence-corrected chi connectivity index (χ0v) is 20.2. The molecule has 4 rings (SSSR count). The second-order valence-electron chi connectivity index (χ2n) is 9.57. The summed E-state index contributed by atoms with van der Waals surface area (Å²) in [5, 5.41) is 9.08. The molecule has 1 unspecified atom stereocenters. The van der Waals surface area contributed by atoms with Gasteiger partial charge < -0.3 is 14.9 Å². The Morgan fingerprint density at radius 1 is 1.21 bits per heavy atom. The van der Waals surface area contributed by atoms with Crippen LogP contribution in [0.4, 0.5) is 11.6 Å². The van der Waals surface area contributed by atoms with E-state index in [4.69, 9.17) is 0 Å². The molecule has 10 nitrogen and oxygen atoms in total. The number of hydrogen-bond acceptors (Lipinski definition) is 8. The van der Waals surface area contributed by atoms with E-state index in [1.54, 1.807) is 29.3 Å². The molecule has 0 bridgehead atoms. The number of aromatic nitrogens is 2. The Labute approximate surface area is 199 Å². The summed E-state index contributed by atoms with van der Waals surface area (Å²) in [6.07, 6.45) is 3.63. The number of carbonyl (C=O) groups is 2.